The van der Waals surface area contributed by atoms with Crippen LogP contribution in [0.3, 0.4) is 0 Å². The Balaban J connectivity index is 1.88. The first-order valence-corrected chi connectivity index (χ1v) is 7.70. The molecule has 0 amide bonds. The summed E-state index contributed by atoms with van der Waals surface area (Å²) in [6.07, 6.45) is 1.66. The van der Waals surface area contributed by atoms with E-state index in [9.17, 15) is 9.59 Å². The van der Waals surface area contributed by atoms with Crippen molar-refractivity contribution in [1.29, 1.82) is 0 Å². The number of benzene rings is 1. The van der Waals surface area contributed by atoms with Crippen molar-refractivity contribution in [3.8, 4) is 0 Å². The Morgan fingerprint density at radius 2 is 2.00 bits per heavy atom. The second-order valence-corrected chi connectivity index (χ2v) is 5.49. The molecule has 5 nitrogen and oxygen atoms in total. The van der Waals surface area contributed by atoms with Crippen molar-refractivity contribution in [2.24, 2.45) is 5.92 Å². The fourth-order valence-electron chi connectivity index (χ4n) is 2.76. The molecule has 1 heterocycles. The maximum Gasteiger partial charge on any atom is 0.337 e. The molecule has 5 heteroatoms. The number of carbonyl (C=O) groups excluding carboxylic acids is 2. The van der Waals surface area contributed by atoms with Crippen molar-refractivity contribution < 1.29 is 19.1 Å². The number of methoxy groups -OCH3 is 1. The summed E-state index contributed by atoms with van der Waals surface area (Å²) in [5.41, 5.74) is 1.65. The standard InChI is InChI=1S/C17H23NO4/c1-3-22-17(20)14-7-9-18(10-8-14)12-13-5-4-6-15(11-13)16(19)21-2/h4-6,11,14H,3,7-10,12H2,1-2H3. The van der Waals surface area contributed by atoms with Gasteiger partial charge in [-0.25, -0.2) is 4.79 Å². The van der Waals surface area contributed by atoms with E-state index >= 15 is 0 Å². The van der Waals surface area contributed by atoms with Gasteiger partial charge in [0.1, 0.15) is 0 Å². The van der Waals surface area contributed by atoms with Crippen LogP contribution in [0, 0.1) is 5.92 Å². The van der Waals surface area contributed by atoms with Crippen molar-refractivity contribution in [3.63, 3.8) is 0 Å². The molecule has 1 aromatic carbocycles. The topological polar surface area (TPSA) is 55.8 Å². The average Bonchev–Trinajstić information content (AvgIpc) is 2.55. The van der Waals surface area contributed by atoms with Crippen molar-refractivity contribution in [2.75, 3.05) is 26.8 Å². The number of likely N-dealkylation sites (tertiary alicyclic amines) is 1. The zero-order valence-electron chi connectivity index (χ0n) is 13.2. The lowest BCUT2D eigenvalue weighted by Crippen LogP contribution is -2.36. The zero-order chi connectivity index (χ0) is 15.9. The number of carbonyl (C=O) groups is 2. The molecular weight excluding hydrogens is 282 g/mol. The third-order valence-corrected chi connectivity index (χ3v) is 3.96. The number of esters is 2. The lowest BCUT2D eigenvalue weighted by Gasteiger charge is -2.30. The minimum Gasteiger partial charge on any atom is -0.466 e. The number of nitrogens with zero attached hydrogens (tertiary/aromatic N) is 1. The van der Waals surface area contributed by atoms with Crippen LogP contribution in [0.5, 0.6) is 0 Å². The molecule has 1 fully saturated rings. The van der Waals surface area contributed by atoms with Gasteiger partial charge in [0.25, 0.3) is 0 Å². The average molecular weight is 305 g/mol. The smallest absolute Gasteiger partial charge is 0.337 e. The highest BCUT2D eigenvalue weighted by atomic mass is 16.5. The van der Waals surface area contributed by atoms with Crippen LogP contribution in [0.1, 0.15) is 35.7 Å². The van der Waals surface area contributed by atoms with Gasteiger partial charge in [-0.3, -0.25) is 9.69 Å². The maximum absolute atomic E-state index is 11.7. The predicted molar refractivity (Wildman–Crippen MR) is 82.4 cm³/mol. The van der Waals surface area contributed by atoms with Gasteiger partial charge in [-0.2, -0.15) is 0 Å². The largest absolute Gasteiger partial charge is 0.466 e. The Bertz CT molecular complexity index is 521. The van der Waals surface area contributed by atoms with Gasteiger partial charge >= 0.3 is 11.9 Å². The fourth-order valence-corrected chi connectivity index (χ4v) is 2.76. The Morgan fingerprint density at radius 1 is 1.27 bits per heavy atom. The molecule has 0 saturated carbocycles. The molecule has 2 rings (SSSR count). The Labute approximate surface area is 131 Å². The van der Waals surface area contributed by atoms with Gasteiger partial charge in [0.2, 0.25) is 0 Å². The third-order valence-electron chi connectivity index (χ3n) is 3.96. The number of rotatable bonds is 5. The van der Waals surface area contributed by atoms with E-state index in [1.165, 1.54) is 7.11 Å². The normalized spacial score (nSPS) is 16.3. The molecule has 0 aliphatic carbocycles. The molecule has 0 spiro atoms. The minimum atomic E-state index is -0.317. The first kappa shape index (κ1) is 16.5. The molecule has 0 unspecified atom stereocenters. The van der Waals surface area contributed by atoms with E-state index in [-0.39, 0.29) is 17.9 Å². The molecule has 0 radical (unpaired) electrons. The second-order valence-electron chi connectivity index (χ2n) is 5.49. The fraction of sp³-hybridized carbons (Fsp3) is 0.529. The van der Waals surface area contributed by atoms with Gasteiger partial charge < -0.3 is 9.47 Å². The number of hydrogen-bond acceptors (Lipinski definition) is 5. The Hall–Kier alpha value is -1.88. The number of ether oxygens (including phenoxy) is 2. The summed E-state index contributed by atoms with van der Waals surface area (Å²) in [5.74, 6) is -0.365. The van der Waals surface area contributed by atoms with Gasteiger partial charge in [0.05, 0.1) is 25.2 Å². The highest BCUT2D eigenvalue weighted by molar-refractivity contribution is 5.89. The lowest BCUT2D eigenvalue weighted by molar-refractivity contribution is -0.149. The van der Waals surface area contributed by atoms with Gasteiger partial charge in [-0.15, -0.1) is 0 Å². The quantitative estimate of drug-likeness (QED) is 0.781. The van der Waals surface area contributed by atoms with E-state index in [4.69, 9.17) is 9.47 Å². The number of piperidine rings is 1. The second kappa shape index (κ2) is 7.94. The van der Waals surface area contributed by atoms with E-state index in [1.54, 1.807) is 6.07 Å². The van der Waals surface area contributed by atoms with E-state index in [1.807, 2.05) is 25.1 Å². The van der Waals surface area contributed by atoms with Crippen molar-refractivity contribution in [2.45, 2.75) is 26.3 Å². The molecule has 0 N–H and O–H groups in total. The molecular formula is C17H23NO4. The molecule has 1 aliphatic heterocycles. The van der Waals surface area contributed by atoms with Crippen LogP contribution in [0.2, 0.25) is 0 Å². The minimum absolute atomic E-state index is 0.0256. The summed E-state index contributed by atoms with van der Waals surface area (Å²) >= 11 is 0. The van der Waals surface area contributed by atoms with Crippen LogP contribution >= 0.6 is 0 Å². The van der Waals surface area contributed by atoms with Crippen LogP contribution in [0.25, 0.3) is 0 Å². The van der Waals surface area contributed by atoms with Gasteiger partial charge in [-0.05, 0) is 50.6 Å². The Kier molecular flexibility index (Phi) is 5.95. The third kappa shape index (κ3) is 4.31. The van der Waals surface area contributed by atoms with Gasteiger partial charge in [0.15, 0.2) is 0 Å². The molecule has 120 valence electrons. The molecule has 1 aliphatic rings. The summed E-state index contributed by atoms with van der Waals surface area (Å²) in [6.45, 7) is 4.79. The molecule has 0 bridgehead atoms. The summed E-state index contributed by atoms with van der Waals surface area (Å²) in [4.78, 5) is 25.6. The molecule has 0 aromatic heterocycles. The molecule has 0 atom stereocenters. The molecule has 1 saturated heterocycles. The summed E-state index contributed by atoms with van der Waals surface area (Å²) in [6, 6.07) is 7.49. The van der Waals surface area contributed by atoms with Crippen LogP contribution in [0.4, 0.5) is 0 Å². The van der Waals surface area contributed by atoms with Crippen LogP contribution in [-0.2, 0) is 20.8 Å². The van der Waals surface area contributed by atoms with Gasteiger partial charge in [-0.1, -0.05) is 12.1 Å². The first-order chi connectivity index (χ1) is 10.6. The lowest BCUT2D eigenvalue weighted by atomic mass is 9.96. The monoisotopic (exact) mass is 305 g/mol. The van der Waals surface area contributed by atoms with E-state index in [0.717, 1.165) is 38.0 Å². The van der Waals surface area contributed by atoms with E-state index in [2.05, 4.69) is 4.90 Å². The van der Waals surface area contributed by atoms with Crippen molar-refractivity contribution in [3.05, 3.63) is 35.4 Å². The van der Waals surface area contributed by atoms with Gasteiger partial charge in [0, 0.05) is 6.54 Å². The highest BCUT2D eigenvalue weighted by Crippen LogP contribution is 2.20. The maximum atomic E-state index is 11.7. The van der Waals surface area contributed by atoms with E-state index < -0.39 is 0 Å². The van der Waals surface area contributed by atoms with Crippen LogP contribution in [0.15, 0.2) is 24.3 Å². The van der Waals surface area contributed by atoms with Crippen molar-refractivity contribution >= 4 is 11.9 Å². The zero-order valence-corrected chi connectivity index (χ0v) is 13.2. The predicted octanol–water partition coefficient (Wildman–Crippen LogP) is 2.25. The molecule has 22 heavy (non-hydrogen) atoms. The molecule has 1 aromatic rings. The summed E-state index contributed by atoms with van der Waals surface area (Å²) in [5, 5.41) is 0. The summed E-state index contributed by atoms with van der Waals surface area (Å²) in [7, 11) is 1.38. The Morgan fingerprint density at radius 3 is 2.64 bits per heavy atom. The van der Waals surface area contributed by atoms with Crippen molar-refractivity contribution in [1.82, 2.24) is 4.90 Å². The summed E-state index contributed by atoms with van der Waals surface area (Å²) < 4.78 is 9.82. The number of hydrogen-bond donors (Lipinski definition) is 0. The first-order valence-electron chi connectivity index (χ1n) is 7.70. The SMILES string of the molecule is CCOC(=O)C1CCN(Cc2cccc(C(=O)OC)c2)CC1. The highest BCUT2D eigenvalue weighted by Gasteiger charge is 2.25. The van der Waals surface area contributed by atoms with E-state index in [0.29, 0.717) is 12.2 Å². The van der Waals surface area contributed by atoms with Crippen LogP contribution < -0.4 is 0 Å². The van der Waals surface area contributed by atoms with Crippen LogP contribution in [-0.4, -0.2) is 43.6 Å².